The highest BCUT2D eigenvalue weighted by Crippen LogP contribution is 2.57. The predicted molar refractivity (Wildman–Crippen MR) is 47.5 cm³/mol. The highest BCUT2D eigenvalue weighted by molar-refractivity contribution is 6.68. The van der Waals surface area contributed by atoms with Gasteiger partial charge in [0.15, 0.2) is 0 Å². The Morgan fingerprint density at radius 3 is 1.44 bits per heavy atom. The maximum Gasteiger partial charge on any atom is 0.395 e. The maximum absolute atomic E-state index is 13.0. The third-order valence-electron chi connectivity index (χ3n) is 1.41. The summed E-state index contributed by atoms with van der Waals surface area (Å²) in [6, 6.07) is 0. The molecule has 0 aromatic carbocycles. The van der Waals surface area contributed by atoms with E-state index in [0.717, 1.165) is 0 Å². The van der Waals surface area contributed by atoms with Crippen LogP contribution in [0.15, 0.2) is 0 Å². The Morgan fingerprint density at radius 2 is 1.25 bits per heavy atom. The maximum atomic E-state index is 13.0. The van der Waals surface area contributed by atoms with Crippen molar-refractivity contribution in [3.8, 4) is 0 Å². The summed E-state index contributed by atoms with van der Waals surface area (Å²) >= 11 is 17.8. The van der Waals surface area contributed by atoms with E-state index in [0.29, 0.717) is 0 Å². The van der Waals surface area contributed by atoms with Gasteiger partial charge in [-0.3, -0.25) is 0 Å². The monoisotopic (exact) mass is 328 g/mol. The molecule has 16 heavy (non-hydrogen) atoms. The van der Waals surface area contributed by atoms with Crippen molar-refractivity contribution in [3.63, 3.8) is 0 Å². The molecule has 0 saturated heterocycles. The van der Waals surface area contributed by atoms with Gasteiger partial charge < -0.3 is 5.11 Å². The molecule has 0 spiro atoms. The number of carbonyl (C=O) groups is 1. The van der Waals surface area contributed by atoms with Gasteiger partial charge in [0.25, 0.3) is 3.79 Å². The molecule has 0 amide bonds. The standard InChI is InChI=1S/C5HCl4F5O2/c6-3(12,2(10,11)1(15)16)4(13,14)5(7,8)9/h(H,15,16). The lowest BCUT2D eigenvalue weighted by atomic mass is 10.1. The van der Waals surface area contributed by atoms with Gasteiger partial charge in [-0.1, -0.05) is 46.4 Å². The van der Waals surface area contributed by atoms with Gasteiger partial charge in [-0.25, -0.2) is 9.18 Å². The molecule has 1 N–H and O–H groups in total. The Hall–Kier alpha value is 0.280. The molecule has 0 rings (SSSR count). The molecular weight excluding hydrogens is 329 g/mol. The van der Waals surface area contributed by atoms with Crippen LogP contribution in [0.1, 0.15) is 0 Å². The van der Waals surface area contributed by atoms with E-state index in [1.165, 1.54) is 0 Å². The van der Waals surface area contributed by atoms with Crippen LogP contribution in [0.25, 0.3) is 0 Å². The second kappa shape index (κ2) is 4.19. The van der Waals surface area contributed by atoms with Gasteiger partial charge in [0, 0.05) is 0 Å². The Morgan fingerprint density at radius 1 is 0.938 bits per heavy atom. The molecule has 11 heteroatoms. The minimum atomic E-state index is -5.65. The molecule has 0 aromatic heterocycles. The summed E-state index contributed by atoms with van der Waals surface area (Å²) < 4.78 is 60.2. The minimum absolute atomic E-state index is 3.22. The molecule has 0 aliphatic carbocycles. The van der Waals surface area contributed by atoms with Crippen LogP contribution in [0.2, 0.25) is 0 Å². The first-order chi connectivity index (χ1) is 6.69. The summed E-state index contributed by atoms with van der Waals surface area (Å²) in [5.74, 6) is -14.3. The number of carboxylic acids is 1. The highest BCUT2D eigenvalue weighted by Gasteiger charge is 2.79. The number of carboxylic acid groups (broad SMARTS) is 1. The zero-order valence-electron chi connectivity index (χ0n) is 6.76. The molecule has 0 aromatic rings. The molecule has 0 aliphatic rings. The SMILES string of the molecule is O=C(O)C(F)(F)C(F)(Cl)C(F)(F)C(Cl)(Cl)Cl. The van der Waals surface area contributed by atoms with E-state index in [1.807, 2.05) is 0 Å². The molecule has 2 nitrogen and oxygen atoms in total. The van der Waals surface area contributed by atoms with E-state index < -0.39 is 26.7 Å². The van der Waals surface area contributed by atoms with Gasteiger partial charge in [0.1, 0.15) is 0 Å². The second-order valence-electron chi connectivity index (χ2n) is 2.53. The third-order valence-corrected chi connectivity index (χ3v) is 2.60. The summed E-state index contributed by atoms with van der Waals surface area (Å²) in [6.07, 6.45) is 0. The van der Waals surface area contributed by atoms with Crippen LogP contribution in [0, 0.1) is 0 Å². The molecule has 0 saturated carbocycles. The lowest BCUT2D eigenvalue weighted by Gasteiger charge is -2.35. The molecule has 0 aliphatic heterocycles. The van der Waals surface area contributed by atoms with E-state index >= 15 is 0 Å². The Kier molecular flexibility index (Phi) is 4.26. The van der Waals surface area contributed by atoms with E-state index in [9.17, 15) is 26.7 Å². The summed E-state index contributed by atoms with van der Waals surface area (Å²) in [6.45, 7) is 0. The van der Waals surface area contributed by atoms with Gasteiger partial charge in [-0.05, 0) is 0 Å². The first-order valence-corrected chi connectivity index (χ1v) is 4.64. The number of hydrogen-bond acceptors (Lipinski definition) is 1. The number of hydrogen-bond donors (Lipinski definition) is 1. The lowest BCUT2D eigenvalue weighted by Crippen LogP contribution is -2.61. The molecule has 0 fully saturated rings. The second-order valence-corrected chi connectivity index (χ2v) is 5.33. The van der Waals surface area contributed by atoms with Crippen LogP contribution >= 0.6 is 46.4 Å². The third kappa shape index (κ3) is 2.27. The van der Waals surface area contributed by atoms with Crippen molar-refractivity contribution in [1.82, 2.24) is 0 Å². The Balaban J connectivity index is 5.62. The van der Waals surface area contributed by atoms with Crippen LogP contribution < -0.4 is 0 Å². The predicted octanol–water partition coefficient (Wildman–Crippen LogP) is 3.62. The topological polar surface area (TPSA) is 37.3 Å². The fraction of sp³-hybridized carbons (Fsp3) is 0.800. The quantitative estimate of drug-likeness (QED) is 0.634. The minimum Gasteiger partial charge on any atom is -0.477 e. The normalized spacial score (nSPS) is 18.1. The van der Waals surface area contributed by atoms with Crippen molar-refractivity contribution < 1.29 is 31.9 Å². The molecule has 1 atom stereocenters. The fourth-order valence-corrected chi connectivity index (χ4v) is 1.27. The number of alkyl halides is 9. The Bertz CT molecular complexity index is 300. The first-order valence-electron chi connectivity index (χ1n) is 3.13. The highest BCUT2D eigenvalue weighted by atomic mass is 35.6. The Labute approximate surface area is 105 Å². The fourth-order valence-electron chi connectivity index (χ4n) is 0.509. The van der Waals surface area contributed by atoms with Crippen LogP contribution in [-0.4, -0.2) is 31.8 Å². The van der Waals surface area contributed by atoms with Crippen LogP contribution in [-0.2, 0) is 4.79 Å². The molecule has 0 bridgehead atoms. The summed E-state index contributed by atoms with van der Waals surface area (Å²) in [7, 11) is 0. The van der Waals surface area contributed by atoms with Crippen molar-refractivity contribution in [2.45, 2.75) is 20.8 Å². The van der Waals surface area contributed by atoms with Crippen molar-refractivity contribution in [3.05, 3.63) is 0 Å². The van der Waals surface area contributed by atoms with Gasteiger partial charge in [-0.15, -0.1) is 0 Å². The molecule has 0 radical (unpaired) electrons. The summed E-state index contributed by atoms with van der Waals surface area (Å²) in [5.41, 5.74) is 0. The average Bonchev–Trinajstić information content (AvgIpc) is 2.00. The zero-order valence-corrected chi connectivity index (χ0v) is 9.78. The molecule has 1 unspecified atom stereocenters. The number of halogens is 9. The first kappa shape index (κ1) is 16.3. The molecule has 96 valence electrons. The van der Waals surface area contributed by atoms with E-state index in [-0.39, 0.29) is 0 Å². The smallest absolute Gasteiger partial charge is 0.395 e. The molecular formula is C5HCl4F5O2. The van der Waals surface area contributed by atoms with Crippen molar-refractivity contribution in [1.29, 1.82) is 0 Å². The lowest BCUT2D eigenvalue weighted by molar-refractivity contribution is -0.218. The molecule has 0 heterocycles. The van der Waals surface area contributed by atoms with Crippen molar-refractivity contribution in [2.24, 2.45) is 0 Å². The van der Waals surface area contributed by atoms with Crippen LogP contribution in [0.5, 0.6) is 0 Å². The number of aliphatic carboxylic acids is 1. The van der Waals surface area contributed by atoms with Crippen molar-refractivity contribution in [2.75, 3.05) is 0 Å². The van der Waals surface area contributed by atoms with E-state index in [2.05, 4.69) is 46.4 Å². The summed E-state index contributed by atoms with van der Waals surface area (Å²) in [5, 5.41) is 2.48. The van der Waals surface area contributed by atoms with Crippen LogP contribution in [0.3, 0.4) is 0 Å². The van der Waals surface area contributed by atoms with Crippen LogP contribution in [0.4, 0.5) is 22.0 Å². The van der Waals surface area contributed by atoms with Gasteiger partial charge in [-0.2, -0.15) is 17.6 Å². The average molecular weight is 330 g/mol. The zero-order chi connectivity index (χ0) is 13.6. The van der Waals surface area contributed by atoms with Gasteiger partial charge in [0.2, 0.25) is 0 Å². The van der Waals surface area contributed by atoms with Gasteiger partial charge >= 0.3 is 22.9 Å². The van der Waals surface area contributed by atoms with Gasteiger partial charge in [0.05, 0.1) is 0 Å². The van der Waals surface area contributed by atoms with Crippen molar-refractivity contribution >= 4 is 52.4 Å². The largest absolute Gasteiger partial charge is 0.477 e. The number of rotatable bonds is 3. The van der Waals surface area contributed by atoms with E-state index in [1.54, 1.807) is 0 Å². The van der Waals surface area contributed by atoms with E-state index in [4.69, 9.17) is 5.11 Å². The summed E-state index contributed by atoms with van der Waals surface area (Å²) in [4.78, 5) is 9.90.